The molecule has 0 radical (unpaired) electrons. The van der Waals surface area contributed by atoms with E-state index < -0.39 is 5.97 Å². The minimum Gasteiger partial charge on any atom is -0.480 e. The van der Waals surface area contributed by atoms with Crippen molar-refractivity contribution in [1.82, 2.24) is 15.1 Å². The van der Waals surface area contributed by atoms with E-state index in [1.165, 1.54) is 4.90 Å². The maximum atomic E-state index is 12.2. The minimum atomic E-state index is -0.971. The summed E-state index contributed by atoms with van der Waals surface area (Å²) < 4.78 is 0. The predicted molar refractivity (Wildman–Crippen MR) is 82.3 cm³/mol. The van der Waals surface area contributed by atoms with Crippen LogP contribution in [0.15, 0.2) is 0 Å². The van der Waals surface area contributed by atoms with E-state index in [0.29, 0.717) is 12.5 Å². The lowest BCUT2D eigenvalue weighted by Gasteiger charge is -2.32. The number of hydrogen-bond acceptors (Lipinski definition) is 3. The fraction of sp³-hybridized carbons (Fsp3) is 0.867. The van der Waals surface area contributed by atoms with E-state index in [1.54, 1.807) is 0 Å². The van der Waals surface area contributed by atoms with Gasteiger partial charge in [-0.05, 0) is 51.7 Å². The molecule has 2 N–H and O–H groups in total. The Hall–Kier alpha value is -1.30. The number of carboxylic acids is 1. The van der Waals surface area contributed by atoms with Crippen molar-refractivity contribution in [2.75, 3.05) is 32.7 Å². The van der Waals surface area contributed by atoms with Gasteiger partial charge in [0.15, 0.2) is 0 Å². The average Bonchev–Trinajstić information content (AvgIpc) is 2.49. The summed E-state index contributed by atoms with van der Waals surface area (Å²) in [6, 6.07) is -0.326. The van der Waals surface area contributed by atoms with Crippen LogP contribution in [0, 0.1) is 5.92 Å². The number of piperidine rings is 1. The van der Waals surface area contributed by atoms with E-state index in [4.69, 9.17) is 5.11 Å². The highest BCUT2D eigenvalue weighted by molar-refractivity contribution is 5.80. The van der Waals surface area contributed by atoms with Crippen LogP contribution in [0.1, 0.15) is 40.0 Å². The number of urea groups is 1. The Bertz CT molecular complexity index is 341. The average molecular weight is 299 g/mol. The Kier molecular flexibility index (Phi) is 7.50. The summed E-state index contributed by atoms with van der Waals surface area (Å²) in [5.41, 5.74) is 0. The number of aliphatic carboxylic acids is 1. The second-order valence-corrected chi connectivity index (χ2v) is 5.84. The van der Waals surface area contributed by atoms with Crippen LogP contribution in [0.5, 0.6) is 0 Å². The highest BCUT2D eigenvalue weighted by Gasteiger charge is 2.23. The summed E-state index contributed by atoms with van der Waals surface area (Å²) in [5, 5.41) is 11.8. The third-order valence-corrected chi connectivity index (χ3v) is 4.39. The Labute approximate surface area is 127 Å². The van der Waals surface area contributed by atoms with Crippen LogP contribution in [0.25, 0.3) is 0 Å². The molecule has 6 nitrogen and oxygen atoms in total. The largest absolute Gasteiger partial charge is 0.480 e. The van der Waals surface area contributed by atoms with Gasteiger partial charge in [-0.2, -0.15) is 0 Å². The number of carbonyl (C=O) groups excluding carboxylic acids is 1. The molecule has 0 aromatic rings. The van der Waals surface area contributed by atoms with Crippen molar-refractivity contribution in [3.63, 3.8) is 0 Å². The monoisotopic (exact) mass is 299 g/mol. The number of likely N-dealkylation sites (tertiary alicyclic amines) is 1. The quantitative estimate of drug-likeness (QED) is 0.749. The molecular weight excluding hydrogens is 270 g/mol. The molecular formula is C15H29N3O3. The van der Waals surface area contributed by atoms with E-state index in [1.807, 2.05) is 13.8 Å². The summed E-state index contributed by atoms with van der Waals surface area (Å²) in [6.07, 6.45) is 2.93. The fourth-order valence-corrected chi connectivity index (χ4v) is 2.63. The smallest absolute Gasteiger partial charge is 0.323 e. The molecule has 1 unspecified atom stereocenters. The molecule has 0 spiro atoms. The van der Waals surface area contributed by atoms with Gasteiger partial charge in [0.25, 0.3) is 0 Å². The number of carboxylic acid groups (broad SMARTS) is 1. The molecule has 1 atom stereocenters. The second-order valence-electron chi connectivity index (χ2n) is 5.84. The van der Waals surface area contributed by atoms with Crippen molar-refractivity contribution in [2.45, 2.75) is 46.1 Å². The van der Waals surface area contributed by atoms with Crippen molar-refractivity contribution in [3.05, 3.63) is 0 Å². The van der Waals surface area contributed by atoms with E-state index in [0.717, 1.165) is 38.9 Å². The summed E-state index contributed by atoms with van der Waals surface area (Å²) in [7, 11) is 0. The van der Waals surface area contributed by atoms with Crippen molar-refractivity contribution in [2.24, 2.45) is 5.92 Å². The molecule has 0 aromatic carbocycles. The van der Waals surface area contributed by atoms with Crippen LogP contribution in [0.4, 0.5) is 4.79 Å². The molecule has 0 bridgehead atoms. The van der Waals surface area contributed by atoms with Crippen LogP contribution in [-0.2, 0) is 4.79 Å². The lowest BCUT2D eigenvalue weighted by Crippen LogP contribution is -2.49. The summed E-state index contributed by atoms with van der Waals surface area (Å²) in [4.78, 5) is 26.9. The van der Waals surface area contributed by atoms with Gasteiger partial charge in [0, 0.05) is 12.6 Å². The second kappa shape index (κ2) is 8.87. The first-order chi connectivity index (χ1) is 9.97. The number of nitrogens with one attached hydrogen (secondary N) is 1. The molecule has 2 amide bonds. The standard InChI is InChI=1S/C15H29N3O3/c1-4-12(3)18(11-14(19)20)15(21)16-10-13-6-8-17(5-2)9-7-13/h12-13H,4-11H2,1-3H3,(H,16,21)(H,19,20). The molecule has 1 heterocycles. The van der Waals surface area contributed by atoms with E-state index in [9.17, 15) is 9.59 Å². The summed E-state index contributed by atoms with van der Waals surface area (Å²) >= 11 is 0. The van der Waals surface area contributed by atoms with Crippen molar-refractivity contribution in [3.8, 4) is 0 Å². The lowest BCUT2D eigenvalue weighted by atomic mass is 9.97. The Morgan fingerprint density at radius 1 is 1.33 bits per heavy atom. The van der Waals surface area contributed by atoms with E-state index in [-0.39, 0.29) is 18.6 Å². The zero-order chi connectivity index (χ0) is 15.8. The molecule has 0 aromatic heterocycles. The molecule has 1 aliphatic rings. The Morgan fingerprint density at radius 3 is 2.43 bits per heavy atom. The van der Waals surface area contributed by atoms with Gasteiger partial charge in [-0.3, -0.25) is 4.79 Å². The first kappa shape index (κ1) is 17.8. The first-order valence-electron chi connectivity index (χ1n) is 7.96. The van der Waals surface area contributed by atoms with Crippen LogP contribution < -0.4 is 5.32 Å². The van der Waals surface area contributed by atoms with Gasteiger partial charge in [0.2, 0.25) is 0 Å². The highest BCUT2D eigenvalue weighted by Crippen LogP contribution is 2.16. The van der Waals surface area contributed by atoms with E-state index in [2.05, 4.69) is 17.1 Å². The number of amides is 2. The van der Waals surface area contributed by atoms with Crippen molar-refractivity contribution < 1.29 is 14.7 Å². The molecule has 0 aliphatic carbocycles. The molecule has 1 fully saturated rings. The number of hydrogen-bond donors (Lipinski definition) is 2. The topological polar surface area (TPSA) is 72.9 Å². The number of rotatable bonds is 7. The van der Waals surface area contributed by atoms with Gasteiger partial charge < -0.3 is 20.2 Å². The van der Waals surface area contributed by atoms with Crippen molar-refractivity contribution in [1.29, 1.82) is 0 Å². The van der Waals surface area contributed by atoms with E-state index >= 15 is 0 Å². The molecule has 1 aliphatic heterocycles. The minimum absolute atomic E-state index is 0.0666. The predicted octanol–water partition coefficient (Wildman–Crippen LogP) is 1.61. The van der Waals surface area contributed by atoms with Crippen LogP contribution in [0.2, 0.25) is 0 Å². The summed E-state index contributed by atoms with van der Waals surface area (Å²) in [5.74, 6) is -0.470. The molecule has 0 saturated carbocycles. The zero-order valence-electron chi connectivity index (χ0n) is 13.5. The van der Waals surface area contributed by atoms with Gasteiger partial charge in [0.05, 0.1) is 0 Å². The third-order valence-electron chi connectivity index (χ3n) is 4.39. The van der Waals surface area contributed by atoms with Gasteiger partial charge in [-0.15, -0.1) is 0 Å². The molecule has 122 valence electrons. The van der Waals surface area contributed by atoms with Gasteiger partial charge in [-0.1, -0.05) is 13.8 Å². The van der Waals surface area contributed by atoms with Crippen LogP contribution in [-0.4, -0.2) is 65.7 Å². The molecule has 6 heteroatoms. The van der Waals surface area contributed by atoms with Crippen LogP contribution >= 0.6 is 0 Å². The van der Waals surface area contributed by atoms with Gasteiger partial charge in [0.1, 0.15) is 6.54 Å². The fourth-order valence-electron chi connectivity index (χ4n) is 2.63. The number of nitrogens with zero attached hydrogens (tertiary/aromatic N) is 2. The number of carbonyl (C=O) groups is 2. The zero-order valence-corrected chi connectivity index (χ0v) is 13.5. The first-order valence-corrected chi connectivity index (χ1v) is 7.96. The lowest BCUT2D eigenvalue weighted by molar-refractivity contribution is -0.138. The van der Waals surface area contributed by atoms with Gasteiger partial charge in [-0.25, -0.2) is 4.79 Å². The SMILES string of the molecule is CCC(C)N(CC(=O)O)C(=O)NCC1CCN(CC)CC1. The molecule has 1 rings (SSSR count). The Morgan fingerprint density at radius 2 is 1.95 bits per heavy atom. The maximum Gasteiger partial charge on any atom is 0.323 e. The van der Waals surface area contributed by atoms with Crippen molar-refractivity contribution >= 4 is 12.0 Å². The summed E-state index contributed by atoms with van der Waals surface area (Å²) in [6.45, 7) is 9.65. The maximum absolute atomic E-state index is 12.2. The molecule has 1 saturated heterocycles. The van der Waals surface area contributed by atoms with Gasteiger partial charge >= 0.3 is 12.0 Å². The molecule has 21 heavy (non-hydrogen) atoms. The highest BCUT2D eigenvalue weighted by atomic mass is 16.4. The normalized spacial score (nSPS) is 18.2. The Balaban J connectivity index is 2.41. The third kappa shape index (κ3) is 5.91. The van der Waals surface area contributed by atoms with Crippen LogP contribution in [0.3, 0.4) is 0 Å².